The van der Waals surface area contributed by atoms with E-state index in [2.05, 4.69) is 10.5 Å². The molecule has 0 radical (unpaired) electrons. The Labute approximate surface area is 160 Å². The maximum atomic E-state index is 12.7. The molecule has 1 N–H and O–H groups in total. The Hall–Kier alpha value is -2.41. The second kappa shape index (κ2) is 9.50. The Morgan fingerprint density at radius 1 is 1.15 bits per heavy atom. The molecule has 0 atom stereocenters. The Kier molecular flexibility index (Phi) is 7.36. The second-order valence-electron chi connectivity index (χ2n) is 5.56. The summed E-state index contributed by atoms with van der Waals surface area (Å²) in [4.78, 5) is 0. The van der Waals surface area contributed by atoms with Crippen LogP contribution < -0.4 is 14.9 Å². The summed E-state index contributed by atoms with van der Waals surface area (Å²) in [5, 5.41) is 4.34. The van der Waals surface area contributed by atoms with Crippen molar-refractivity contribution < 1.29 is 22.6 Å². The number of nitrogens with zero attached hydrogens (tertiary/aromatic N) is 1. The van der Waals surface area contributed by atoms with Crippen LogP contribution in [0.15, 0.2) is 41.5 Å². The van der Waals surface area contributed by atoms with E-state index in [1.807, 2.05) is 13.8 Å². The van der Waals surface area contributed by atoms with Crippen molar-refractivity contribution in [3.05, 3.63) is 52.5 Å². The predicted molar refractivity (Wildman–Crippen MR) is 101 cm³/mol. The van der Waals surface area contributed by atoms with Gasteiger partial charge in [-0.25, -0.2) is 0 Å². The number of nitrogens with one attached hydrogen (secondary N) is 1. The van der Waals surface area contributed by atoms with Crippen molar-refractivity contribution in [3.63, 3.8) is 0 Å². The molecule has 0 unspecified atom stereocenters. The zero-order valence-electron chi connectivity index (χ0n) is 14.9. The van der Waals surface area contributed by atoms with Crippen LogP contribution in [0, 0.1) is 0 Å². The van der Waals surface area contributed by atoms with Gasteiger partial charge in [0.05, 0.1) is 35.7 Å². The van der Waals surface area contributed by atoms with Crippen LogP contribution in [0.4, 0.5) is 18.9 Å². The fourth-order valence-corrected chi connectivity index (χ4v) is 2.49. The minimum Gasteiger partial charge on any atom is -0.490 e. The van der Waals surface area contributed by atoms with E-state index < -0.39 is 11.7 Å². The van der Waals surface area contributed by atoms with Gasteiger partial charge < -0.3 is 9.47 Å². The van der Waals surface area contributed by atoms with Crippen molar-refractivity contribution in [3.8, 4) is 11.5 Å². The molecule has 0 spiro atoms. The summed E-state index contributed by atoms with van der Waals surface area (Å²) in [7, 11) is 0. The maximum Gasteiger partial charge on any atom is 0.416 e. The van der Waals surface area contributed by atoms with Crippen LogP contribution in [-0.2, 0) is 6.18 Å². The van der Waals surface area contributed by atoms with E-state index in [-0.39, 0.29) is 5.69 Å². The van der Waals surface area contributed by atoms with Gasteiger partial charge in [0.2, 0.25) is 0 Å². The van der Waals surface area contributed by atoms with E-state index in [1.165, 1.54) is 18.3 Å². The summed E-state index contributed by atoms with van der Waals surface area (Å²) in [6.45, 7) is 4.76. The molecule has 4 nitrogen and oxygen atoms in total. The number of rotatable bonds is 8. The molecule has 0 heterocycles. The van der Waals surface area contributed by atoms with Gasteiger partial charge in [-0.2, -0.15) is 18.3 Å². The van der Waals surface area contributed by atoms with E-state index in [0.29, 0.717) is 35.3 Å². The molecule has 0 aliphatic carbocycles. The van der Waals surface area contributed by atoms with Crippen molar-refractivity contribution >= 4 is 23.5 Å². The molecule has 8 heteroatoms. The van der Waals surface area contributed by atoms with Crippen LogP contribution in [-0.4, -0.2) is 19.4 Å². The zero-order valence-corrected chi connectivity index (χ0v) is 15.7. The fourth-order valence-electron chi connectivity index (χ4n) is 2.22. The van der Waals surface area contributed by atoms with E-state index >= 15 is 0 Å². The normalized spacial score (nSPS) is 11.6. The molecule has 146 valence electrons. The van der Waals surface area contributed by atoms with E-state index in [9.17, 15) is 13.2 Å². The Morgan fingerprint density at radius 3 is 2.59 bits per heavy atom. The predicted octanol–water partition coefficient (Wildman–Crippen LogP) is 5.99. The fraction of sp³-hybridized carbons (Fsp3) is 0.316. The molecular weight excluding hydrogens is 381 g/mol. The standard InChI is InChI=1S/C19H20ClF3N2O2/c1-3-8-27-18-16(20)9-13(10-17(18)26-4-2)12-24-25-15-7-5-6-14(11-15)19(21,22)23/h5-7,9-12,25H,3-4,8H2,1-2H3. The molecular formula is C19H20ClF3N2O2. The Balaban J connectivity index is 2.17. The highest BCUT2D eigenvalue weighted by atomic mass is 35.5. The Morgan fingerprint density at radius 2 is 1.93 bits per heavy atom. The molecule has 2 aromatic rings. The van der Waals surface area contributed by atoms with Crippen molar-refractivity contribution in [2.45, 2.75) is 26.4 Å². The molecule has 0 aliphatic heterocycles. The van der Waals surface area contributed by atoms with Crippen molar-refractivity contribution in [1.29, 1.82) is 0 Å². The molecule has 0 aromatic heterocycles. The van der Waals surface area contributed by atoms with Crippen molar-refractivity contribution in [1.82, 2.24) is 0 Å². The zero-order chi connectivity index (χ0) is 19.9. The number of hydrogen-bond acceptors (Lipinski definition) is 4. The van der Waals surface area contributed by atoms with Crippen molar-refractivity contribution in [2.24, 2.45) is 5.10 Å². The summed E-state index contributed by atoms with van der Waals surface area (Å²) >= 11 is 6.26. The minimum absolute atomic E-state index is 0.222. The molecule has 0 amide bonds. The lowest BCUT2D eigenvalue weighted by Crippen LogP contribution is -2.05. The third-order valence-corrected chi connectivity index (χ3v) is 3.66. The largest absolute Gasteiger partial charge is 0.490 e. The first kappa shape index (κ1) is 20.9. The van der Waals surface area contributed by atoms with Gasteiger partial charge in [0.25, 0.3) is 0 Å². The second-order valence-corrected chi connectivity index (χ2v) is 5.97. The molecule has 27 heavy (non-hydrogen) atoms. The van der Waals surface area contributed by atoms with Crippen molar-refractivity contribution in [2.75, 3.05) is 18.6 Å². The molecule has 2 aromatic carbocycles. The number of ether oxygens (including phenoxy) is 2. The maximum absolute atomic E-state index is 12.7. The van der Waals surface area contributed by atoms with Gasteiger partial charge in [-0.05, 0) is 49.2 Å². The number of hydrogen-bond donors (Lipinski definition) is 1. The highest BCUT2D eigenvalue weighted by Gasteiger charge is 2.30. The van der Waals surface area contributed by atoms with Crippen LogP contribution >= 0.6 is 11.6 Å². The number of halogens is 4. The smallest absolute Gasteiger partial charge is 0.416 e. The van der Waals surface area contributed by atoms with Gasteiger partial charge in [-0.3, -0.25) is 5.43 Å². The third kappa shape index (κ3) is 6.06. The lowest BCUT2D eigenvalue weighted by molar-refractivity contribution is -0.137. The average Bonchev–Trinajstić information content (AvgIpc) is 2.61. The molecule has 0 aliphatic rings. The van der Waals surface area contributed by atoms with Gasteiger partial charge in [0.15, 0.2) is 11.5 Å². The summed E-state index contributed by atoms with van der Waals surface area (Å²) in [6, 6.07) is 8.14. The average molecular weight is 401 g/mol. The van der Waals surface area contributed by atoms with Crippen LogP contribution in [0.1, 0.15) is 31.4 Å². The monoisotopic (exact) mass is 400 g/mol. The van der Waals surface area contributed by atoms with Gasteiger partial charge in [-0.15, -0.1) is 0 Å². The Bertz CT molecular complexity index is 795. The van der Waals surface area contributed by atoms with Crippen LogP contribution in [0.5, 0.6) is 11.5 Å². The molecule has 0 bridgehead atoms. The van der Waals surface area contributed by atoms with Crippen LogP contribution in [0.2, 0.25) is 5.02 Å². The first-order valence-corrected chi connectivity index (χ1v) is 8.78. The highest BCUT2D eigenvalue weighted by Crippen LogP contribution is 2.36. The van der Waals surface area contributed by atoms with Gasteiger partial charge in [-0.1, -0.05) is 24.6 Å². The molecule has 0 saturated heterocycles. The van der Waals surface area contributed by atoms with E-state index in [0.717, 1.165) is 18.6 Å². The van der Waals surface area contributed by atoms with E-state index in [1.54, 1.807) is 12.1 Å². The highest BCUT2D eigenvalue weighted by molar-refractivity contribution is 6.32. The van der Waals surface area contributed by atoms with Crippen LogP contribution in [0.3, 0.4) is 0 Å². The number of alkyl halides is 3. The molecule has 0 fully saturated rings. The third-order valence-electron chi connectivity index (χ3n) is 3.38. The summed E-state index contributed by atoms with van der Waals surface area (Å²) < 4.78 is 49.4. The van der Waals surface area contributed by atoms with Crippen LogP contribution in [0.25, 0.3) is 0 Å². The number of anilines is 1. The first-order valence-electron chi connectivity index (χ1n) is 8.40. The number of benzene rings is 2. The van der Waals surface area contributed by atoms with E-state index in [4.69, 9.17) is 21.1 Å². The quantitative estimate of drug-likeness (QED) is 0.437. The molecule has 2 rings (SSSR count). The summed E-state index contributed by atoms with van der Waals surface area (Å²) in [5.74, 6) is 0.947. The minimum atomic E-state index is -4.41. The lowest BCUT2D eigenvalue weighted by atomic mass is 10.2. The first-order chi connectivity index (χ1) is 12.8. The topological polar surface area (TPSA) is 42.8 Å². The van der Waals surface area contributed by atoms with Gasteiger partial charge in [0, 0.05) is 0 Å². The lowest BCUT2D eigenvalue weighted by Gasteiger charge is -2.13. The summed E-state index contributed by atoms with van der Waals surface area (Å²) in [6.07, 6.45) is -2.14. The SMILES string of the molecule is CCCOc1c(Cl)cc(C=NNc2cccc(C(F)(F)F)c2)cc1OCC. The number of hydrazone groups is 1. The summed E-state index contributed by atoms with van der Waals surface area (Å²) in [5.41, 5.74) is 2.67. The van der Waals surface area contributed by atoms with Gasteiger partial charge >= 0.3 is 6.18 Å². The van der Waals surface area contributed by atoms with Gasteiger partial charge in [0.1, 0.15) is 0 Å². The molecule has 0 saturated carbocycles.